The maximum absolute atomic E-state index is 2.38. The third kappa shape index (κ3) is 2.82. The van der Waals surface area contributed by atoms with Crippen molar-refractivity contribution in [3.05, 3.63) is 83.1 Å². The number of rotatable bonds is 3. The van der Waals surface area contributed by atoms with Gasteiger partial charge in [0.25, 0.3) is 0 Å². The zero-order chi connectivity index (χ0) is 17.4. The van der Waals surface area contributed by atoms with Gasteiger partial charge in [0.15, 0.2) is 5.71 Å². The Balaban J connectivity index is 1.65. The highest BCUT2D eigenvalue weighted by Crippen LogP contribution is 2.33. The number of anilines is 1. The van der Waals surface area contributed by atoms with Gasteiger partial charge in [-0.3, -0.25) is 0 Å². The minimum absolute atomic E-state index is 1.02. The Kier molecular flexibility index (Phi) is 4.04. The average molecular weight is 329 g/mol. The van der Waals surface area contributed by atoms with Crippen LogP contribution in [0.5, 0.6) is 0 Å². The summed E-state index contributed by atoms with van der Waals surface area (Å²) in [5, 5.41) is 0. The van der Waals surface area contributed by atoms with Gasteiger partial charge in [-0.25, -0.2) is 0 Å². The fraction of sp³-hybridized carbons (Fsp3) is 0.261. The summed E-state index contributed by atoms with van der Waals surface area (Å²) in [5.41, 5.74) is 9.67. The quantitative estimate of drug-likeness (QED) is 0.728. The number of benzene rings is 2. The van der Waals surface area contributed by atoms with Gasteiger partial charge in [0, 0.05) is 42.6 Å². The van der Waals surface area contributed by atoms with E-state index in [1.54, 1.807) is 0 Å². The summed E-state index contributed by atoms with van der Waals surface area (Å²) in [6, 6.07) is 17.4. The molecule has 0 unspecified atom stereocenters. The molecule has 0 atom stereocenters. The summed E-state index contributed by atoms with van der Waals surface area (Å²) in [6.07, 6.45) is 7.85. The maximum atomic E-state index is 2.38. The first-order chi connectivity index (χ1) is 12.2. The predicted octanol–water partition coefficient (Wildman–Crippen LogP) is 4.87. The number of likely N-dealkylation sites (N-methyl/N-ethyl adjacent to an activating group) is 1. The monoisotopic (exact) mass is 329 g/mol. The van der Waals surface area contributed by atoms with Crippen LogP contribution in [0.15, 0.2) is 72.0 Å². The Hall–Kier alpha value is -2.61. The van der Waals surface area contributed by atoms with E-state index in [-0.39, 0.29) is 0 Å². The molecule has 0 radical (unpaired) electrons. The molecule has 25 heavy (non-hydrogen) atoms. The molecule has 0 amide bonds. The third-order valence-electron chi connectivity index (χ3n) is 5.42. The number of hydrogen-bond donors (Lipinski definition) is 0. The molecule has 0 aliphatic carbocycles. The molecule has 2 heteroatoms. The van der Waals surface area contributed by atoms with Crippen LogP contribution in [0, 0.1) is 0 Å². The van der Waals surface area contributed by atoms with E-state index < -0.39 is 0 Å². The van der Waals surface area contributed by atoms with Crippen molar-refractivity contribution in [2.24, 2.45) is 0 Å². The van der Waals surface area contributed by atoms with Crippen LogP contribution in [0.4, 0.5) is 11.4 Å². The van der Waals surface area contributed by atoms with Crippen LogP contribution >= 0.6 is 0 Å². The number of allylic oxidation sites excluding steroid dienone is 4. The van der Waals surface area contributed by atoms with E-state index in [9.17, 15) is 0 Å². The molecule has 2 nitrogen and oxygen atoms in total. The first-order valence-corrected chi connectivity index (χ1v) is 9.07. The highest BCUT2D eigenvalue weighted by Gasteiger charge is 2.25. The SMILES string of the molecule is CCC(=C/C1=[N+](C)c2ccccc2C1)/C=C1/Cc2ccccc2N1C. The summed E-state index contributed by atoms with van der Waals surface area (Å²) in [6.45, 7) is 2.24. The van der Waals surface area contributed by atoms with Gasteiger partial charge in [0.1, 0.15) is 7.05 Å². The molecular weight excluding hydrogens is 304 g/mol. The van der Waals surface area contributed by atoms with Gasteiger partial charge >= 0.3 is 0 Å². The largest absolute Gasteiger partial charge is 0.348 e. The normalized spacial score (nSPS) is 18.1. The topological polar surface area (TPSA) is 6.25 Å². The van der Waals surface area contributed by atoms with Gasteiger partial charge in [0.2, 0.25) is 5.69 Å². The van der Waals surface area contributed by atoms with Gasteiger partial charge < -0.3 is 4.90 Å². The van der Waals surface area contributed by atoms with E-state index in [0.29, 0.717) is 0 Å². The Labute approximate surface area is 150 Å². The lowest BCUT2D eigenvalue weighted by molar-refractivity contribution is -0.400. The number of fused-ring (bicyclic) bond motifs is 2. The van der Waals surface area contributed by atoms with E-state index in [1.807, 2.05) is 0 Å². The maximum Gasteiger partial charge on any atom is 0.208 e. The van der Waals surface area contributed by atoms with Crippen molar-refractivity contribution in [1.82, 2.24) is 0 Å². The van der Waals surface area contributed by atoms with E-state index in [4.69, 9.17) is 0 Å². The lowest BCUT2D eigenvalue weighted by atomic mass is 10.1. The van der Waals surface area contributed by atoms with Crippen LogP contribution in [-0.2, 0) is 12.8 Å². The highest BCUT2D eigenvalue weighted by molar-refractivity contribution is 5.97. The second-order valence-electron chi connectivity index (χ2n) is 6.93. The smallest absolute Gasteiger partial charge is 0.208 e. The molecule has 2 aliphatic heterocycles. The van der Waals surface area contributed by atoms with Crippen molar-refractivity contribution >= 4 is 17.1 Å². The minimum atomic E-state index is 1.02. The third-order valence-corrected chi connectivity index (χ3v) is 5.42. The Morgan fingerprint density at radius 3 is 2.48 bits per heavy atom. The molecule has 0 N–H and O–H groups in total. The first-order valence-electron chi connectivity index (χ1n) is 9.07. The molecule has 4 rings (SSSR count). The molecule has 2 aliphatic rings. The molecule has 0 spiro atoms. The zero-order valence-electron chi connectivity index (χ0n) is 15.3. The highest BCUT2D eigenvalue weighted by atomic mass is 15.1. The van der Waals surface area contributed by atoms with Gasteiger partial charge in [-0.15, -0.1) is 0 Å². The molecule has 0 bridgehead atoms. The summed E-state index contributed by atoms with van der Waals surface area (Å²) in [5.74, 6) is 0. The van der Waals surface area contributed by atoms with Crippen molar-refractivity contribution in [3.8, 4) is 0 Å². The molecule has 2 aromatic rings. The average Bonchev–Trinajstić information content (AvgIpc) is 3.12. The van der Waals surface area contributed by atoms with Crippen molar-refractivity contribution < 1.29 is 4.58 Å². The summed E-state index contributed by atoms with van der Waals surface area (Å²) >= 11 is 0. The van der Waals surface area contributed by atoms with E-state index in [1.165, 1.54) is 39.5 Å². The molecule has 0 fully saturated rings. The van der Waals surface area contributed by atoms with Crippen molar-refractivity contribution in [3.63, 3.8) is 0 Å². The van der Waals surface area contributed by atoms with E-state index in [2.05, 4.69) is 91.2 Å². The van der Waals surface area contributed by atoms with E-state index >= 15 is 0 Å². The molecule has 2 heterocycles. The van der Waals surface area contributed by atoms with Crippen LogP contribution in [0.3, 0.4) is 0 Å². The molecule has 126 valence electrons. The zero-order valence-corrected chi connectivity index (χ0v) is 15.3. The first kappa shape index (κ1) is 15.9. The predicted molar refractivity (Wildman–Crippen MR) is 106 cm³/mol. The Morgan fingerprint density at radius 1 is 1.04 bits per heavy atom. The van der Waals surface area contributed by atoms with Crippen LogP contribution in [-0.4, -0.2) is 24.4 Å². The lowest BCUT2D eigenvalue weighted by Crippen LogP contribution is -2.12. The molecular formula is C23H25N2+. The number of hydrogen-bond acceptors (Lipinski definition) is 1. The number of nitrogens with zero attached hydrogens (tertiary/aromatic N) is 2. The number of para-hydroxylation sites is 2. The molecule has 2 aromatic carbocycles. The van der Waals surface area contributed by atoms with Gasteiger partial charge in [-0.2, -0.15) is 4.58 Å². The van der Waals surface area contributed by atoms with Crippen LogP contribution < -0.4 is 4.90 Å². The van der Waals surface area contributed by atoms with Crippen LogP contribution in [0.1, 0.15) is 24.5 Å². The second-order valence-corrected chi connectivity index (χ2v) is 6.93. The standard InChI is InChI=1S/C23H25N2/c1-4-17(13-20-15-18-9-5-7-11-22(18)24(20)2)14-21-16-19-10-6-8-12-23(19)25(21)3/h5-14H,4,15-16H2,1-3H3/q+1. The fourth-order valence-corrected chi connectivity index (χ4v) is 3.88. The van der Waals surface area contributed by atoms with Crippen LogP contribution in [0.2, 0.25) is 0 Å². The summed E-state index contributed by atoms with van der Waals surface area (Å²) in [4.78, 5) is 2.33. The fourth-order valence-electron chi connectivity index (χ4n) is 3.88. The minimum Gasteiger partial charge on any atom is -0.348 e. The summed E-state index contributed by atoms with van der Waals surface area (Å²) in [7, 11) is 4.35. The van der Waals surface area contributed by atoms with Gasteiger partial charge in [-0.1, -0.05) is 43.3 Å². The molecule has 0 saturated carbocycles. The Morgan fingerprint density at radius 2 is 1.76 bits per heavy atom. The molecule has 0 saturated heterocycles. The Bertz CT molecular complexity index is 915. The van der Waals surface area contributed by atoms with Crippen molar-refractivity contribution in [1.29, 1.82) is 0 Å². The van der Waals surface area contributed by atoms with Gasteiger partial charge in [-0.05, 0) is 29.7 Å². The lowest BCUT2D eigenvalue weighted by Gasteiger charge is -2.15. The van der Waals surface area contributed by atoms with Gasteiger partial charge in [0.05, 0.1) is 6.42 Å². The second kappa shape index (κ2) is 6.36. The van der Waals surface area contributed by atoms with Crippen molar-refractivity contribution in [2.45, 2.75) is 26.2 Å². The van der Waals surface area contributed by atoms with E-state index in [0.717, 1.165) is 19.3 Å². The summed E-state index contributed by atoms with van der Waals surface area (Å²) < 4.78 is 2.33. The van der Waals surface area contributed by atoms with Crippen molar-refractivity contribution in [2.75, 3.05) is 19.0 Å². The van der Waals surface area contributed by atoms with Crippen LogP contribution in [0.25, 0.3) is 0 Å². The molecule has 0 aromatic heterocycles.